The summed E-state index contributed by atoms with van der Waals surface area (Å²) in [6.45, 7) is 1.10. The number of hydrogen-bond acceptors (Lipinski definition) is 5. The Kier molecular flexibility index (Phi) is 6.40. The molecule has 0 aliphatic rings. The highest BCUT2D eigenvalue weighted by Crippen LogP contribution is 2.36. The molecule has 0 spiro atoms. The van der Waals surface area contributed by atoms with Gasteiger partial charge in [-0.2, -0.15) is 4.98 Å². The van der Waals surface area contributed by atoms with Crippen LogP contribution in [0, 0.1) is 0 Å². The fraction of sp³-hybridized carbons (Fsp3) is 0.207. The molecule has 0 amide bonds. The van der Waals surface area contributed by atoms with Crippen LogP contribution >= 0.6 is 0 Å². The highest BCUT2D eigenvalue weighted by Gasteiger charge is 2.20. The zero-order valence-corrected chi connectivity index (χ0v) is 20.3. The van der Waals surface area contributed by atoms with E-state index in [-0.39, 0.29) is 13.0 Å². The van der Waals surface area contributed by atoms with Crippen molar-refractivity contribution in [1.29, 1.82) is 0 Å². The maximum Gasteiger partial charge on any atom is 0.348 e. The van der Waals surface area contributed by atoms with Crippen LogP contribution in [0.25, 0.3) is 44.5 Å². The number of aromatic nitrogens is 2. The van der Waals surface area contributed by atoms with Crippen molar-refractivity contribution in [1.82, 2.24) is 14.5 Å². The van der Waals surface area contributed by atoms with Gasteiger partial charge in [0.1, 0.15) is 16.8 Å². The van der Waals surface area contributed by atoms with Crippen LogP contribution in [0.3, 0.4) is 0 Å². The van der Waals surface area contributed by atoms with E-state index in [0.717, 1.165) is 28.6 Å². The zero-order chi connectivity index (χ0) is 25.2. The number of furan rings is 1. The van der Waals surface area contributed by atoms with Crippen LogP contribution in [0.5, 0.6) is 0 Å². The van der Waals surface area contributed by atoms with Crippen LogP contribution in [0.2, 0.25) is 0 Å². The van der Waals surface area contributed by atoms with Gasteiger partial charge in [0.2, 0.25) is 0 Å². The quantitative estimate of drug-likeness (QED) is 0.319. The number of rotatable bonds is 8. The van der Waals surface area contributed by atoms with Crippen LogP contribution in [-0.4, -0.2) is 39.6 Å². The second-order valence-corrected chi connectivity index (χ2v) is 9.18. The second kappa shape index (κ2) is 9.79. The number of carbonyl (C=O) groups is 1. The Labute approximate surface area is 208 Å². The first kappa shape index (κ1) is 23.5. The van der Waals surface area contributed by atoms with Crippen molar-refractivity contribution in [3.63, 3.8) is 0 Å². The molecule has 0 fully saturated rings. The lowest BCUT2D eigenvalue weighted by molar-refractivity contribution is -0.137. The van der Waals surface area contributed by atoms with E-state index in [1.54, 1.807) is 4.57 Å². The largest absolute Gasteiger partial charge is 0.481 e. The SMILES string of the molecule is CN(C)Cc1ccc(-c2ccc3oc4c(-c5ccccc5)nc(=O)n(CCCC(=O)O)c4c3c2)cc1. The van der Waals surface area contributed by atoms with E-state index in [2.05, 4.69) is 34.1 Å². The van der Waals surface area contributed by atoms with Gasteiger partial charge in [-0.05, 0) is 49.3 Å². The lowest BCUT2D eigenvalue weighted by Gasteiger charge is -2.10. The summed E-state index contributed by atoms with van der Waals surface area (Å²) in [5.41, 5.74) is 5.94. The minimum absolute atomic E-state index is 0.0330. The van der Waals surface area contributed by atoms with E-state index >= 15 is 0 Å². The molecule has 0 saturated heterocycles. The molecule has 1 N–H and O–H groups in total. The molecule has 0 unspecified atom stereocenters. The highest BCUT2D eigenvalue weighted by atomic mass is 16.4. The monoisotopic (exact) mass is 481 g/mol. The summed E-state index contributed by atoms with van der Waals surface area (Å²) in [5, 5.41) is 9.90. The highest BCUT2D eigenvalue weighted by molar-refractivity contribution is 6.07. The van der Waals surface area contributed by atoms with Crippen LogP contribution in [0.15, 0.2) is 82.0 Å². The summed E-state index contributed by atoms with van der Waals surface area (Å²) < 4.78 is 7.81. The number of aliphatic carboxylic acids is 1. The standard InChI is InChI=1S/C29H27N3O4/c1-31(2)18-19-10-12-20(13-11-19)22-14-15-24-23(17-22)27-28(36-24)26(21-7-4-3-5-8-21)30-29(35)32(27)16-6-9-25(33)34/h3-5,7-8,10-15,17H,6,9,16,18H2,1-2H3,(H,33,34). The number of carboxylic acid groups (broad SMARTS) is 1. The Morgan fingerprint density at radius 2 is 1.69 bits per heavy atom. The smallest absolute Gasteiger partial charge is 0.348 e. The van der Waals surface area contributed by atoms with Gasteiger partial charge in [-0.1, -0.05) is 60.7 Å². The number of fused-ring (bicyclic) bond motifs is 3. The molecule has 7 heteroatoms. The summed E-state index contributed by atoms with van der Waals surface area (Å²) >= 11 is 0. The van der Waals surface area contributed by atoms with Crippen molar-refractivity contribution < 1.29 is 14.3 Å². The molecular formula is C29H27N3O4. The summed E-state index contributed by atoms with van der Waals surface area (Å²) in [7, 11) is 4.08. The molecule has 2 aromatic heterocycles. The van der Waals surface area contributed by atoms with Crippen LogP contribution < -0.4 is 5.69 Å². The molecule has 5 aromatic rings. The van der Waals surface area contributed by atoms with E-state index in [0.29, 0.717) is 28.8 Å². The van der Waals surface area contributed by atoms with Crippen molar-refractivity contribution >= 4 is 28.0 Å². The van der Waals surface area contributed by atoms with Gasteiger partial charge < -0.3 is 14.4 Å². The molecule has 2 heterocycles. The van der Waals surface area contributed by atoms with E-state index < -0.39 is 11.7 Å². The topological polar surface area (TPSA) is 88.6 Å². The van der Waals surface area contributed by atoms with Gasteiger partial charge in [0.15, 0.2) is 5.58 Å². The molecule has 0 bridgehead atoms. The molecule has 182 valence electrons. The van der Waals surface area contributed by atoms with Gasteiger partial charge in [-0.15, -0.1) is 0 Å². The predicted octanol–water partition coefficient (Wildman–Crippen LogP) is 5.40. The number of carboxylic acids is 1. The van der Waals surface area contributed by atoms with Crippen LogP contribution in [-0.2, 0) is 17.9 Å². The predicted molar refractivity (Wildman–Crippen MR) is 141 cm³/mol. The number of benzene rings is 3. The molecule has 5 rings (SSSR count). The van der Waals surface area contributed by atoms with Crippen molar-refractivity contribution in [3.8, 4) is 22.4 Å². The van der Waals surface area contributed by atoms with Gasteiger partial charge >= 0.3 is 11.7 Å². The van der Waals surface area contributed by atoms with Gasteiger partial charge in [-0.3, -0.25) is 9.36 Å². The first-order valence-corrected chi connectivity index (χ1v) is 11.9. The molecule has 0 aliphatic heterocycles. The average molecular weight is 482 g/mol. The molecule has 36 heavy (non-hydrogen) atoms. The van der Waals surface area contributed by atoms with E-state index in [9.17, 15) is 9.59 Å². The molecule has 0 radical (unpaired) electrons. The second-order valence-electron chi connectivity index (χ2n) is 9.18. The third kappa shape index (κ3) is 4.65. The van der Waals surface area contributed by atoms with E-state index in [4.69, 9.17) is 9.52 Å². The average Bonchev–Trinajstić information content (AvgIpc) is 3.24. The summed E-state index contributed by atoms with van der Waals surface area (Å²) in [6.07, 6.45) is 0.283. The van der Waals surface area contributed by atoms with Gasteiger partial charge in [0.05, 0.1) is 0 Å². The Bertz CT molecular complexity index is 1600. The Hall–Kier alpha value is -4.23. The lowest BCUT2D eigenvalue weighted by atomic mass is 10.0. The Balaban J connectivity index is 1.69. The summed E-state index contributed by atoms with van der Waals surface area (Å²) in [5.74, 6) is -0.898. The van der Waals surface area contributed by atoms with E-state index in [1.807, 2.05) is 62.6 Å². The van der Waals surface area contributed by atoms with Gasteiger partial charge in [0.25, 0.3) is 0 Å². The molecule has 3 aromatic carbocycles. The fourth-order valence-electron chi connectivity index (χ4n) is 4.55. The number of nitrogens with zero attached hydrogens (tertiary/aromatic N) is 3. The molecule has 0 saturated carbocycles. The van der Waals surface area contributed by atoms with Crippen molar-refractivity contribution in [2.24, 2.45) is 0 Å². The van der Waals surface area contributed by atoms with Gasteiger partial charge in [0, 0.05) is 30.5 Å². The van der Waals surface area contributed by atoms with Crippen molar-refractivity contribution in [3.05, 3.63) is 88.8 Å². The normalized spacial score (nSPS) is 11.5. The van der Waals surface area contributed by atoms with Crippen molar-refractivity contribution in [2.75, 3.05) is 14.1 Å². The number of hydrogen-bond donors (Lipinski definition) is 1. The molecule has 7 nitrogen and oxygen atoms in total. The first-order valence-electron chi connectivity index (χ1n) is 11.9. The number of aryl methyl sites for hydroxylation is 1. The van der Waals surface area contributed by atoms with Crippen molar-refractivity contribution in [2.45, 2.75) is 25.9 Å². The van der Waals surface area contributed by atoms with E-state index in [1.165, 1.54) is 5.56 Å². The Morgan fingerprint density at radius 1 is 0.972 bits per heavy atom. The third-order valence-corrected chi connectivity index (χ3v) is 6.19. The molecular weight excluding hydrogens is 454 g/mol. The summed E-state index contributed by atoms with van der Waals surface area (Å²) in [4.78, 5) is 30.8. The summed E-state index contributed by atoms with van der Waals surface area (Å²) in [6, 6.07) is 23.9. The lowest BCUT2D eigenvalue weighted by Crippen LogP contribution is -2.24. The minimum Gasteiger partial charge on any atom is -0.481 e. The maximum atomic E-state index is 13.2. The minimum atomic E-state index is -0.898. The van der Waals surface area contributed by atoms with Gasteiger partial charge in [-0.25, -0.2) is 4.79 Å². The zero-order valence-electron chi connectivity index (χ0n) is 20.3. The molecule has 0 atom stereocenters. The van der Waals surface area contributed by atoms with Crippen LogP contribution in [0.1, 0.15) is 18.4 Å². The first-order chi connectivity index (χ1) is 17.4. The fourth-order valence-corrected chi connectivity index (χ4v) is 4.55. The van der Waals surface area contributed by atoms with Crippen LogP contribution in [0.4, 0.5) is 0 Å². The Morgan fingerprint density at radius 3 is 2.39 bits per heavy atom. The third-order valence-electron chi connectivity index (χ3n) is 6.19. The maximum absolute atomic E-state index is 13.2. The molecule has 0 aliphatic carbocycles.